The fourth-order valence-corrected chi connectivity index (χ4v) is 6.64. The highest BCUT2D eigenvalue weighted by Crippen LogP contribution is 2.43. The summed E-state index contributed by atoms with van der Waals surface area (Å²) in [5.41, 5.74) is -1.47. The second-order valence-corrected chi connectivity index (χ2v) is 13.3. The Morgan fingerprint density at radius 3 is 0.863 bits per heavy atom. The highest BCUT2D eigenvalue weighted by molar-refractivity contribution is 6.04. The van der Waals surface area contributed by atoms with Crippen molar-refractivity contribution >= 4 is 11.8 Å². The van der Waals surface area contributed by atoms with E-state index in [1.807, 2.05) is 182 Å². The summed E-state index contributed by atoms with van der Waals surface area (Å²) in [7, 11) is 0. The van der Waals surface area contributed by atoms with Crippen molar-refractivity contribution in [1.29, 1.82) is 0 Å². The Morgan fingerprint density at radius 1 is 0.412 bits per heavy atom. The summed E-state index contributed by atoms with van der Waals surface area (Å²) in [6, 6.07) is 53.4. The van der Waals surface area contributed by atoms with Crippen molar-refractivity contribution in [3.05, 3.63) is 215 Å². The molecule has 51 heavy (non-hydrogen) atoms. The Bertz CT molecular complexity index is 1790. The lowest BCUT2D eigenvalue weighted by Gasteiger charge is -2.41. The number of rotatable bonds is 12. The van der Waals surface area contributed by atoms with Crippen molar-refractivity contribution in [3.63, 3.8) is 0 Å². The molecule has 4 N–H and O–H groups in total. The molecule has 256 valence electrons. The summed E-state index contributed by atoms with van der Waals surface area (Å²) in [5, 5.41) is 31.8. The maximum atomic E-state index is 14.6. The third kappa shape index (κ3) is 6.97. The fraction of sp³-hybridized carbons (Fsp3) is 0.156. The predicted octanol–water partition coefficient (Wildman–Crippen LogP) is 7.60. The summed E-state index contributed by atoms with van der Waals surface area (Å²) in [6.07, 6.45) is 0. The molecule has 0 aliphatic rings. The Balaban J connectivity index is 1.41. The quantitative estimate of drug-likeness (QED) is 0.101. The van der Waals surface area contributed by atoms with E-state index in [0.29, 0.717) is 33.4 Å². The lowest BCUT2D eigenvalue weighted by atomic mass is 9.76. The Hall–Kier alpha value is -5.82. The van der Waals surface area contributed by atoms with Crippen molar-refractivity contribution in [2.45, 2.75) is 37.1 Å². The van der Waals surface area contributed by atoms with E-state index in [9.17, 15) is 19.8 Å². The largest absolute Gasteiger partial charge is 0.378 e. The number of amides is 2. The summed E-state index contributed by atoms with van der Waals surface area (Å²) in [6.45, 7) is 3.10. The molecule has 0 aliphatic heterocycles. The van der Waals surface area contributed by atoms with E-state index in [4.69, 9.17) is 0 Å². The first-order valence-corrected chi connectivity index (χ1v) is 17.1. The number of aliphatic hydroxyl groups is 2. The highest BCUT2D eigenvalue weighted by Gasteiger charge is 2.48. The van der Waals surface area contributed by atoms with Crippen molar-refractivity contribution in [2.75, 3.05) is 0 Å². The molecule has 0 heterocycles. The van der Waals surface area contributed by atoms with Crippen LogP contribution in [0.1, 0.15) is 59.3 Å². The molecule has 6 aromatic rings. The van der Waals surface area contributed by atoms with Crippen molar-refractivity contribution in [1.82, 2.24) is 10.6 Å². The molecular weight excluding hydrogens is 633 g/mol. The first-order valence-electron chi connectivity index (χ1n) is 17.1. The van der Waals surface area contributed by atoms with Crippen LogP contribution in [0.5, 0.6) is 0 Å². The number of benzene rings is 6. The van der Waals surface area contributed by atoms with Crippen LogP contribution < -0.4 is 10.6 Å². The lowest BCUT2D eigenvalue weighted by molar-refractivity contribution is -0.144. The topological polar surface area (TPSA) is 98.7 Å². The number of carbonyl (C=O) groups excluding carboxylic acids is 2. The van der Waals surface area contributed by atoms with E-state index in [1.165, 1.54) is 0 Å². The summed E-state index contributed by atoms with van der Waals surface area (Å²) in [5.74, 6) is -1.21. The molecule has 0 bridgehead atoms. The van der Waals surface area contributed by atoms with Crippen molar-refractivity contribution in [2.24, 2.45) is 5.41 Å². The van der Waals surface area contributed by atoms with Crippen LogP contribution in [0.25, 0.3) is 0 Å². The van der Waals surface area contributed by atoms with Gasteiger partial charge in [0.1, 0.15) is 16.6 Å². The molecule has 6 heteroatoms. The summed E-state index contributed by atoms with van der Waals surface area (Å²) in [4.78, 5) is 29.1. The molecule has 0 aliphatic carbocycles. The van der Waals surface area contributed by atoms with Gasteiger partial charge < -0.3 is 20.8 Å². The second-order valence-electron chi connectivity index (χ2n) is 13.3. The van der Waals surface area contributed by atoms with Crippen LogP contribution >= 0.6 is 0 Å². The van der Waals surface area contributed by atoms with Gasteiger partial charge in [-0.2, -0.15) is 0 Å². The van der Waals surface area contributed by atoms with Crippen LogP contribution in [0, 0.1) is 5.41 Å². The summed E-state index contributed by atoms with van der Waals surface area (Å²) >= 11 is 0. The minimum atomic E-state index is -1.71. The average molecular weight is 675 g/mol. The van der Waals surface area contributed by atoms with E-state index in [1.54, 1.807) is 13.8 Å². The molecule has 0 spiro atoms. The number of hydrogen-bond donors (Lipinski definition) is 4. The third-order valence-corrected chi connectivity index (χ3v) is 9.64. The monoisotopic (exact) mass is 674 g/mol. The molecular formula is C45H42N2O4. The zero-order valence-corrected chi connectivity index (χ0v) is 28.7. The molecule has 0 saturated heterocycles. The zero-order valence-electron chi connectivity index (χ0n) is 28.7. The molecule has 0 saturated carbocycles. The maximum Gasteiger partial charge on any atom is 0.235 e. The minimum absolute atomic E-state index is 0.576. The molecule has 2 amide bonds. The molecule has 0 radical (unpaired) electrons. The number of hydrogen-bond acceptors (Lipinski definition) is 4. The Labute approximate surface area is 299 Å². The van der Waals surface area contributed by atoms with Crippen LogP contribution in [0.3, 0.4) is 0 Å². The Kier molecular flexibility index (Phi) is 10.3. The first-order chi connectivity index (χ1) is 24.7. The van der Waals surface area contributed by atoms with Gasteiger partial charge in [0.25, 0.3) is 0 Å². The molecule has 6 aromatic carbocycles. The summed E-state index contributed by atoms with van der Waals surface area (Å²) < 4.78 is 0. The van der Waals surface area contributed by atoms with Gasteiger partial charge in [0.15, 0.2) is 0 Å². The standard InChI is InChI=1S/C45H42N2O4/c1-43(2,41(48)46-39(33-21-9-3-10-22-33)44(50,35-25-13-5-14-26-35)36-27-15-6-16-28-36)42(49)47-40(34-23-11-4-12-24-34)45(51,37-29-17-7-18-30-37)38-31-19-8-20-32-38/h3-32,39-40,50-51H,1-2H3,(H,46,48)(H,47,49)/t39-,40-/m1/s1. The smallest absolute Gasteiger partial charge is 0.235 e. The molecule has 6 rings (SSSR count). The molecule has 2 atom stereocenters. The number of carbonyl (C=O) groups is 2. The van der Waals surface area contributed by atoms with Gasteiger partial charge in [0, 0.05) is 0 Å². The van der Waals surface area contributed by atoms with E-state index >= 15 is 0 Å². The second kappa shape index (κ2) is 15.0. The molecule has 0 unspecified atom stereocenters. The highest BCUT2D eigenvalue weighted by atomic mass is 16.3. The van der Waals surface area contributed by atoms with E-state index in [2.05, 4.69) is 10.6 Å². The predicted molar refractivity (Wildman–Crippen MR) is 200 cm³/mol. The average Bonchev–Trinajstić information content (AvgIpc) is 3.20. The van der Waals surface area contributed by atoms with Gasteiger partial charge in [0.2, 0.25) is 11.8 Å². The van der Waals surface area contributed by atoms with Gasteiger partial charge in [-0.3, -0.25) is 9.59 Å². The third-order valence-electron chi connectivity index (χ3n) is 9.64. The minimum Gasteiger partial charge on any atom is -0.378 e. The van der Waals surface area contributed by atoms with Crippen LogP contribution in [0.15, 0.2) is 182 Å². The lowest BCUT2D eigenvalue weighted by Crippen LogP contribution is -2.55. The van der Waals surface area contributed by atoms with Crippen molar-refractivity contribution < 1.29 is 19.8 Å². The van der Waals surface area contributed by atoms with Crippen LogP contribution in [-0.4, -0.2) is 22.0 Å². The van der Waals surface area contributed by atoms with E-state index in [-0.39, 0.29) is 0 Å². The zero-order chi connectivity index (χ0) is 35.9. The van der Waals surface area contributed by atoms with Gasteiger partial charge in [0.05, 0.1) is 12.1 Å². The fourth-order valence-electron chi connectivity index (χ4n) is 6.64. The molecule has 0 aromatic heterocycles. The first kappa shape index (κ1) is 35.0. The van der Waals surface area contributed by atoms with Gasteiger partial charge >= 0.3 is 0 Å². The van der Waals surface area contributed by atoms with Gasteiger partial charge in [-0.15, -0.1) is 0 Å². The Morgan fingerprint density at radius 2 is 0.627 bits per heavy atom. The SMILES string of the molecule is CC(C)(C(=O)N[C@H](c1ccccc1)C(O)(c1ccccc1)c1ccccc1)C(=O)N[C@H](c1ccccc1)C(O)(c1ccccc1)c1ccccc1. The molecule has 0 fully saturated rings. The van der Waals surface area contributed by atoms with Crippen LogP contribution in [0.4, 0.5) is 0 Å². The van der Waals surface area contributed by atoms with Crippen LogP contribution in [0.2, 0.25) is 0 Å². The van der Waals surface area contributed by atoms with Crippen LogP contribution in [-0.2, 0) is 20.8 Å². The normalized spacial score (nSPS) is 13.1. The van der Waals surface area contributed by atoms with E-state index < -0.39 is 40.5 Å². The van der Waals surface area contributed by atoms with E-state index in [0.717, 1.165) is 0 Å². The maximum absolute atomic E-state index is 14.6. The van der Waals surface area contributed by atoms with Gasteiger partial charge in [-0.05, 0) is 47.2 Å². The van der Waals surface area contributed by atoms with Crippen molar-refractivity contribution in [3.8, 4) is 0 Å². The number of nitrogens with one attached hydrogen (secondary N) is 2. The van der Waals surface area contributed by atoms with Gasteiger partial charge in [-0.25, -0.2) is 0 Å². The molecule has 6 nitrogen and oxygen atoms in total. The van der Waals surface area contributed by atoms with Gasteiger partial charge in [-0.1, -0.05) is 182 Å².